The standard InChI is InChI=1S/C18H18N4O2/c1-22-17(16-5-3-4-10-19-16)11-14(21-22)12-20-18(23)13-6-8-15(24-2)9-7-13/h3-11H,12H2,1-2H3,(H,20,23). The van der Waals surface area contributed by atoms with Crippen LogP contribution in [0.4, 0.5) is 0 Å². The normalized spacial score (nSPS) is 10.4. The van der Waals surface area contributed by atoms with Crippen LogP contribution >= 0.6 is 0 Å². The first kappa shape index (κ1) is 15.7. The molecule has 0 saturated heterocycles. The molecule has 3 rings (SSSR count). The molecule has 1 N–H and O–H groups in total. The van der Waals surface area contributed by atoms with Crippen LogP contribution < -0.4 is 10.1 Å². The fraction of sp³-hybridized carbons (Fsp3) is 0.167. The van der Waals surface area contributed by atoms with Crippen LogP contribution in [0.5, 0.6) is 5.75 Å². The van der Waals surface area contributed by atoms with E-state index in [4.69, 9.17) is 4.74 Å². The van der Waals surface area contributed by atoms with Gasteiger partial charge in [0.05, 0.1) is 30.7 Å². The summed E-state index contributed by atoms with van der Waals surface area (Å²) in [6.07, 6.45) is 1.74. The summed E-state index contributed by atoms with van der Waals surface area (Å²) in [7, 11) is 3.45. The van der Waals surface area contributed by atoms with Gasteiger partial charge < -0.3 is 10.1 Å². The number of nitrogens with zero attached hydrogens (tertiary/aromatic N) is 3. The van der Waals surface area contributed by atoms with Crippen molar-refractivity contribution in [3.05, 3.63) is 66.0 Å². The number of methoxy groups -OCH3 is 1. The molecule has 122 valence electrons. The molecule has 0 aliphatic heterocycles. The molecule has 3 aromatic rings. The molecule has 0 fully saturated rings. The van der Waals surface area contributed by atoms with E-state index in [0.717, 1.165) is 22.8 Å². The van der Waals surface area contributed by atoms with Gasteiger partial charge in [-0.2, -0.15) is 5.10 Å². The van der Waals surface area contributed by atoms with E-state index in [0.29, 0.717) is 12.1 Å². The highest BCUT2D eigenvalue weighted by atomic mass is 16.5. The fourth-order valence-corrected chi connectivity index (χ4v) is 2.38. The SMILES string of the molecule is COc1ccc(C(=O)NCc2cc(-c3ccccn3)n(C)n2)cc1. The zero-order valence-corrected chi connectivity index (χ0v) is 13.6. The Hall–Kier alpha value is -3.15. The van der Waals surface area contributed by atoms with Crippen molar-refractivity contribution >= 4 is 5.91 Å². The van der Waals surface area contributed by atoms with Crippen molar-refractivity contribution in [1.82, 2.24) is 20.1 Å². The van der Waals surface area contributed by atoms with Crippen LogP contribution in [0.1, 0.15) is 16.1 Å². The largest absolute Gasteiger partial charge is 0.497 e. The van der Waals surface area contributed by atoms with Crippen LogP contribution in [0.3, 0.4) is 0 Å². The lowest BCUT2D eigenvalue weighted by atomic mass is 10.2. The number of pyridine rings is 1. The molecule has 0 atom stereocenters. The molecule has 0 radical (unpaired) electrons. The minimum atomic E-state index is -0.150. The van der Waals surface area contributed by atoms with Crippen LogP contribution in [0, 0.1) is 0 Å². The number of hydrogen-bond donors (Lipinski definition) is 1. The summed E-state index contributed by atoms with van der Waals surface area (Å²) in [5, 5.41) is 7.29. The van der Waals surface area contributed by atoms with E-state index in [1.54, 1.807) is 42.3 Å². The van der Waals surface area contributed by atoms with Crippen LogP contribution in [-0.2, 0) is 13.6 Å². The molecular weight excluding hydrogens is 304 g/mol. The minimum Gasteiger partial charge on any atom is -0.497 e. The lowest BCUT2D eigenvalue weighted by Gasteiger charge is -2.04. The van der Waals surface area contributed by atoms with Crippen molar-refractivity contribution < 1.29 is 9.53 Å². The van der Waals surface area contributed by atoms with Crippen molar-refractivity contribution in [3.8, 4) is 17.1 Å². The first-order valence-electron chi connectivity index (χ1n) is 7.54. The third kappa shape index (κ3) is 3.43. The molecule has 0 spiro atoms. The number of rotatable bonds is 5. The van der Waals surface area contributed by atoms with Crippen molar-refractivity contribution in [3.63, 3.8) is 0 Å². The number of benzene rings is 1. The van der Waals surface area contributed by atoms with Gasteiger partial charge in [-0.15, -0.1) is 0 Å². The minimum absolute atomic E-state index is 0.150. The number of carbonyl (C=O) groups excluding carboxylic acids is 1. The fourth-order valence-electron chi connectivity index (χ4n) is 2.38. The first-order chi connectivity index (χ1) is 11.7. The maximum atomic E-state index is 12.2. The number of amides is 1. The molecular formula is C18H18N4O2. The van der Waals surface area contributed by atoms with E-state index in [2.05, 4.69) is 15.4 Å². The van der Waals surface area contributed by atoms with E-state index in [9.17, 15) is 4.79 Å². The van der Waals surface area contributed by atoms with Crippen molar-refractivity contribution in [2.75, 3.05) is 7.11 Å². The Balaban J connectivity index is 1.67. The lowest BCUT2D eigenvalue weighted by Crippen LogP contribution is -2.23. The molecule has 2 heterocycles. The van der Waals surface area contributed by atoms with Crippen molar-refractivity contribution in [2.45, 2.75) is 6.54 Å². The highest BCUT2D eigenvalue weighted by Crippen LogP contribution is 2.17. The Bertz CT molecular complexity index is 826. The number of hydrogen-bond acceptors (Lipinski definition) is 4. The van der Waals surface area contributed by atoms with Gasteiger partial charge in [0.25, 0.3) is 5.91 Å². The van der Waals surface area contributed by atoms with Gasteiger partial charge in [-0.3, -0.25) is 14.5 Å². The molecule has 0 unspecified atom stereocenters. The maximum Gasteiger partial charge on any atom is 0.251 e. The van der Waals surface area contributed by atoms with Gasteiger partial charge in [-0.25, -0.2) is 0 Å². The van der Waals surface area contributed by atoms with E-state index >= 15 is 0 Å². The molecule has 6 heteroatoms. The van der Waals surface area contributed by atoms with Crippen LogP contribution in [-0.4, -0.2) is 27.8 Å². The van der Waals surface area contributed by atoms with Crippen molar-refractivity contribution in [2.24, 2.45) is 7.05 Å². The summed E-state index contributed by atoms with van der Waals surface area (Å²) < 4.78 is 6.85. The maximum absolute atomic E-state index is 12.2. The summed E-state index contributed by atoms with van der Waals surface area (Å²) in [5.41, 5.74) is 3.11. The quantitative estimate of drug-likeness (QED) is 0.783. The van der Waals surface area contributed by atoms with Crippen LogP contribution in [0.2, 0.25) is 0 Å². The summed E-state index contributed by atoms with van der Waals surface area (Å²) >= 11 is 0. The number of nitrogens with one attached hydrogen (secondary N) is 1. The number of ether oxygens (including phenoxy) is 1. The third-order valence-electron chi connectivity index (χ3n) is 3.64. The van der Waals surface area contributed by atoms with E-state index in [1.807, 2.05) is 31.3 Å². The average Bonchev–Trinajstić information content (AvgIpc) is 3.01. The third-order valence-corrected chi connectivity index (χ3v) is 3.64. The zero-order valence-electron chi connectivity index (χ0n) is 13.6. The highest BCUT2D eigenvalue weighted by molar-refractivity contribution is 5.94. The van der Waals surface area contributed by atoms with Crippen LogP contribution in [0.25, 0.3) is 11.4 Å². The van der Waals surface area contributed by atoms with E-state index in [1.165, 1.54) is 0 Å². The van der Waals surface area contributed by atoms with Gasteiger partial charge in [0, 0.05) is 18.8 Å². The predicted octanol–water partition coefficient (Wildman–Crippen LogP) is 2.42. The predicted molar refractivity (Wildman–Crippen MR) is 90.6 cm³/mol. The Labute approximate surface area is 140 Å². The molecule has 0 bridgehead atoms. The van der Waals surface area contributed by atoms with Crippen LogP contribution in [0.15, 0.2) is 54.7 Å². The average molecular weight is 322 g/mol. The smallest absolute Gasteiger partial charge is 0.251 e. The summed E-state index contributed by atoms with van der Waals surface area (Å²) in [5.74, 6) is 0.568. The second-order valence-corrected chi connectivity index (χ2v) is 5.27. The lowest BCUT2D eigenvalue weighted by molar-refractivity contribution is 0.0950. The van der Waals surface area contributed by atoms with Gasteiger partial charge in [0.15, 0.2) is 0 Å². The van der Waals surface area contributed by atoms with Gasteiger partial charge >= 0.3 is 0 Å². The molecule has 0 saturated carbocycles. The van der Waals surface area contributed by atoms with E-state index in [-0.39, 0.29) is 5.91 Å². The molecule has 6 nitrogen and oxygen atoms in total. The summed E-state index contributed by atoms with van der Waals surface area (Å²) in [6, 6.07) is 14.6. The van der Waals surface area contributed by atoms with Gasteiger partial charge in [-0.05, 0) is 42.5 Å². The Kier molecular flexibility index (Phi) is 4.56. The van der Waals surface area contributed by atoms with Gasteiger partial charge in [0.2, 0.25) is 0 Å². The summed E-state index contributed by atoms with van der Waals surface area (Å²) in [6.45, 7) is 0.353. The zero-order chi connectivity index (χ0) is 16.9. The molecule has 1 aromatic carbocycles. The molecule has 0 aliphatic carbocycles. The second-order valence-electron chi connectivity index (χ2n) is 5.27. The molecule has 2 aromatic heterocycles. The Morgan fingerprint density at radius 2 is 2.00 bits per heavy atom. The number of carbonyl (C=O) groups is 1. The molecule has 0 aliphatic rings. The number of aromatic nitrogens is 3. The summed E-state index contributed by atoms with van der Waals surface area (Å²) in [4.78, 5) is 16.5. The van der Waals surface area contributed by atoms with E-state index < -0.39 is 0 Å². The second kappa shape index (κ2) is 6.95. The molecule has 1 amide bonds. The van der Waals surface area contributed by atoms with Gasteiger partial charge in [-0.1, -0.05) is 6.07 Å². The monoisotopic (exact) mass is 322 g/mol. The number of aryl methyl sites for hydroxylation is 1. The Morgan fingerprint density at radius 3 is 2.67 bits per heavy atom. The van der Waals surface area contributed by atoms with Gasteiger partial charge in [0.1, 0.15) is 5.75 Å². The van der Waals surface area contributed by atoms with Crippen molar-refractivity contribution in [1.29, 1.82) is 0 Å². The molecule has 24 heavy (non-hydrogen) atoms. The topological polar surface area (TPSA) is 69.0 Å². The highest BCUT2D eigenvalue weighted by Gasteiger charge is 2.10. The Morgan fingerprint density at radius 1 is 1.21 bits per heavy atom. The first-order valence-corrected chi connectivity index (χ1v) is 7.54.